The second-order valence-corrected chi connectivity index (χ2v) is 5.98. The Morgan fingerprint density at radius 3 is 2.50 bits per heavy atom. The fourth-order valence-electron chi connectivity index (χ4n) is 2.36. The number of benzene rings is 2. The molecule has 0 fully saturated rings. The van der Waals surface area contributed by atoms with Crippen molar-refractivity contribution >= 4 is 34.7 Å². The van der Waals surface area contributed by atoms with Crippen molar-refractivity contribution in [2.24, 2.45) is 0 Å². The smallest absolute Gasteiger partial charge is 0.249 e. The minimum absolute atomic E-state index is 0.0910. The van der Waals surface area contributed by atoms with Crippen molar-refractivity contribution in [1.29, 1.82) is 0 Å². The van der Waals surface area contributed by atoms with Crippen LogP contribution in [0.15, 0.2) is 30.5 Å². The average Bonchev–Trinajstić information content (AvgIpc) is 2.59. The van der Waals surface area contributed by atoms with E-state index in [1.54, 1.807) is 6.07 Å². The molecule has 1 aromatic heterocycles. The second-order valence-electron chi connectivity index (χ2n) is 5.58. The summed E-state index contributed by atoms with van der Waals surface area (Å²) in [6, 6.07) is 5.58. The molecule has 134 valence electrons. The highest BCUT2D eigenvalue weighted by atomic mass is 35.5. The lowest BCUT2D eigenvalue weighted by Crippen LogP contribution is -2.05. The van der Waals surface area contributed by atoms with Crippen LogP contribution in [0.4, 0.5) is 36.3 Å². The Morgan fingerprint density at radius 1 is 1.00 bits per heavy atom. The molecule has 0 spiro atoms. The third-order valence-electron chi connectivity index (χ3n) is 3.53. The number of nitrogens with one attached hydrogen (secondary N) is 2. The Morgan fingerprint density at radius 2 is 1.77 bits per heavy atom. The molecule has 0 atom stereocenters. The maximum Gasteiger partial charge on any atom is 0.249 e. The van der Waals surface area contributed by atoms with Gasteiger partial charge in [-0.05, 0) is 43.2 Å². The van der Waals surface area contributed by atoms with Crippen molar-refractivity contribution in [3.05, 3.63) is 64.1 Å². The molecule has 0 bridgehead atoms. The molecule has 0 saturated carbocycles. The third-order valence-corrected chi connectivity index (χ3v) is 3.82. The zero-order chi connectivity index (χ0) is 18.8. The first-order valence-electron chi connectivity index (χ1n) is 7.49. The second kappa shape index (κ2) is 7.17. The van der Waals surface area contributed by atoms with E-state index in [4.69, 9.17) is 11.6 Å². The van der Waals surface area contributed by atoms with Crippen molar-refractivity contribution in [3.8, 4) is 0 Å². The van der Waals surface area contributed by atoms with E-state index in [1.807, 2.05) is 19.9 Å². The largest absolute Gasteiger partial charge is 0.336 e. The van der Waals surface area contributed by atoms with Crippen LogP contribution in [0.25, 0.3) is 0 Å². The molecular weight excluding hydrogens is 367 g/mol. The first-order chi connectivity index (χ1) is 12.3. The fraction of sp³-hybridized carbons (Fsp3) is 0.118. The maximum absolute atomic E-state index is 13.8. The van der Waals surface area contributed by atoms with Crippen LogP contribution in [-0.2, 0) is 0 Å². The number of nitrogens with zero attached hydrogens (tertiary/aromatic N) is 3. The molecule has 5 nitrogen and oxygen atoms in total. The lowest BCUT2D eigenvalue weighted by Gasteiger charge is -2.12. The van der Waals surface area contributed by atoms with Gasteiger partial charge >= 0.3 is 0 Å². The Hall–Kier alpha value is -2.87. The van der Waals surface area contributed by atoms with Crippen LogP contribution in [0.3, 0.4) is 0 Å². The van der Waals surface area contributed by atoms with Crippen LogP contribution >= 0.6 is 11.6 Å². The van der Waals surface area contributed by atoms with Gasteiger partial charge in [-0.2, -0.15) is 10.1 Å². The molecule has 0 aliphatic heterocycles. The Kier molecular flexibility index (Phi) is 4.94. The first kappa shape index (κ1) is 17.9. The molecule has 0 amide bonds. The maximum atomic E-state index is 13.8. The zero-order valence-electron chi connectivity index (χ0n) is 13.7. The Balaban J connectivity index is 1.87. The predicted octanol–water partition coefficient (Wildman–Crippen LogP) is 5.05. The van der Waals surface area contributed by atoms with Gasteiger partial charge in [-0.25, -0.2) is 13.2 Å². The number of hydrogen-bond acceptors (Lipinski definition) is 5. The zero-order valence-corrected chi connectivity index (χ0v) is 14.5. The summed E-state index contributed by atoms with van der Waals surface area (Å²) in [6.45, 7) is 3.79. The Labute approximate surface area is 152 Å². The van der Waals surface area contributed by atoms with Crippen LogP contribution in [-0.4, -0.2) is 15.2 Å². The molecule has 9 heteroatoms. The highest BCUT2D eigenvalue weighted by molar-refractivity contribution is 6.33. The lowest BCUT2D eigenvalue weighted by molar-refractivity contribution is 0.449. The first-order valence-corrected chi connectivity index (χ1v) is 7.87. The van der Waals surface area contributed by atoms with Gasteiger partial charge in [-0.3, -0.25) is 0 Å². The molecule has 0 saturated heterocycles. The van der Waals surface area contributed by atoms with E-state index >= 15 is 0 Å². The SMILES string of the molecule is Cc1cc(C)c(Nc2nncc(Nc3ccc(F)c(F)c3F)n2)c(Cl)c1. The molecule has 3 rings (SSSR count). The van der Waals surface area contributed by atoms with Gasteiger partial charge in [0.1, 0.15) is 0 Å². The molecule has 2 aromatic carbocycles. The quantitative estimate of drug-likeness (QED) is 0.621. The van der Waals surface area contributed by atoms with Gasteiger partial charge in [-0.1, -0.05) is 17.7 Å². The van der Waals surface area contributed by atoms with E-state index in [0.29, 0.717) is 10.7 Å². The van der Waals surface area contributed by atoms with E-state index in [2.05, 4.69) is 25.8 Å². The summed E-state index contributed by atoms with van der Waals surface area (Å²) < 4.78 is 40.1. The number of rotatable bonds is 4. The van der Waals surface area contributed by atoms with Gasteiger partial charge in [0.05, 0.1) is 22.6 Å². The number of aromatic nitrogens is 3. The fourth-order valence-corrected chi connectivity index (χ4v) is 2.73. The molecule has 0 radical (unpaired) electrons. The monoisotopic (exact) mass is 379 g/mol. The number of hydrogen-bond donors (Lipinski definition) is 2. The summed E-state index contributed by atoms with van der Waals surface area (Å²) in [5, 5.41) is 13.6. The van der Waals surface area contributed by atoms with Gasteiger partial charge in [-0.15, -0.1) is 5.10 Å². The van der Waals surface area contributed by atoms with E-state index in [0.717, 1.165) is 23.3 Å². The molecule has 0 aliphatic rings. The van der Waals surface area contributed by atoms with Gasteiger partial charge in [0.25, 0.3) is 0 Å². The van der Waals surface area contributed by atoms with Crippen LogP contribution in [0.1, 0.15) is 11.1 Å². The van der Waals surface area contributed by atoms with Crippen LogP contribution in [0.2, 0.25) is 5.02 Å². The molecule has 1 heterocycles. The standard InChI is InChI=1S/C17H13ClF3N5/c1-8-5-9(2)16(10(18)6-8)25-17-24-13(7-22-26-17)23-12-4-3-11(19)14(20)15(12)21/h3-7H,1-2H3,(H2,23,24,25,26). The van der Waals surface area contributed by atoms with Crippen LogP contribution < -0.4 is 10.6 Å². The molecule has 26 heavy (non-hydrogen) atoms. The Bertz CT molecular complexity index is 958. The highest BCUT2D eigenvalue weighted by Gasteiger charge is 2.14. The lowest BCUT2D eigenvalue weighted by atomic mass is 10.1. The molecule has 2 N–H and O–H groups in total. The number of aryl methyl sites for hydroxylation is 2. The summed E-state index contributed by atoms with van der Waals surface area (Å²) in [7, 11) is 0. The van der Waals surface area contributed by atoms with E-state index in [-0.39, 0.29) is 17.5 Å². The minimum atomic E-state index is -1.57. The van der Waals surface area contributed by atoms with E-state index in [1.165, 1.54) is 6.20 Å². The van der Waals surface area contributed by atoms with E-state index < -0.39 is 17.5 Å². The molecular formula is C17H13ClF3N5. The van der Waals surface area contributed by atoms with Crippen molar-refractivity contribution in [3.63, 3.8) is 0 Å². The van der Waals surface area contributed by atoms with Gasteiger partial charge in [0, 0.05) is 0 Å². The van der Waals surface area contributed by atoms with Gasteiger partial charge < -0.3 is 10.6 Å². The normalized spacial score (nSPS) is 10.7. The van der Waals surface area contributed by atoms with Gasteiger partial charge in [0.2, 0.25) is 5.95 Å². The molecule has 0 unspecified atom stereocenters. The van der Waals surface area contributed by atoms with Crippen LogP contribution in [0, 0.1) is 31.3 Å². The highest BCUT2D eigenvalue weighted by Crippen LogP contribution is 2.29. The van der Waals surface area contributed by atoms with Gasteiger partial charge in [0.15, 0.2) is 23.3 Å². The summed E-state index contributed by atoms with van der Waals surface area (Å²) in [4.78, 5) is 4.12. The summed E-state index contributed by atoms with van der Waals surface area (Å²) in [6.07, 6.45) is 1.22. The average molecular weight is 380 g/mol. The van der Waals surface area contributed by atoms with Crippen molar-refractivity contribution in [2.45, 2.75) is 13.8 Å². The minimum Gasteiger partial charge on any atom is -0.336 e. The van der Waals surface area contributed by atoms with E-state index in [9.17, 15) is 13.2 Å². The number of anilines is 4. The summed E-state index contributed by atoms with van der Waals surface area (Å²) in [5.41, 5.74) is 2.21. The molecule has 0 aliphatic carbocycles. The number of halogens is 4. The van der Waals surface area contributed by atoms with Crippen molar-refractivity contribution in [1.82, 2.24) is 15.2 Å². The summed E-state index contributed by atoms with van der Waals surface area (Å²) in [5.74, 6) is -4.01. The van der Waals surface area contributed by atoms with Crippen molar-refractivity contribution in [2.75, 3.05) is 10.6 Å². The third kappa shape index (κ3) is 3.70. The molecule has 3 aromatic rings. The topological polar surface area (TPSA) is 62.7 Å². The van der Waals surface area contributed by atoms with Crippen molar-refractivity contribution < 1.29 is 13.2 Å². The summed E-state index contributed by atoms with van der Waals surface area (Å²) >= 11 is 6.23. The predicted molar refractivity (Wildman–Crippen MR) is 93.6 cm³/mol. The van der Waals surface area contributed by atoms with Crippen LogP contribution in [0.5, 0.6) is 0 Å².